The Morgan fingerprint density at radius 3 is 3.06 bits per heavy atom. The zero-order chi connectivity index (χ0) is 11.0. The predicted octanol–water partition coefficient (Wildman–Crippen LogP) is 2.07. The highest BCUT2D eigenvalue weighted by molar-refractivity contribution is 5.92. The minimum absolute atomic E-state index is 0.144. The van der Waals surface area contributed by atoms with Gasteiger partial charge in [-0.05, 0) is 25.0 Å². The number of fused-ring (bicyclic) bond motifs is 1. The predicted molar refractivity (Wildman–Crippen MR) is 61.2 cm³/mol. The van der Waals surface area contributed by atoms with Crippen LogP contribution in [0.4, 0.5) is 5.69 Å². The fraction of sp³-hybridized carbons (Fsp3) is 0.333. The van der Waals surface area contributed by atoms with Gasteiger partial charge in [0.05, 0.1) is 5.69 Å². The zero-order valence-electron chi connectivity index (χ0n) is 8.89. The van der Waals surface area contributed by atoms with Gasteiger partial charge in [-0.1, -0.05) is 6.42 Å². The molecule has 3 rings (SSSR count). The van der Waals surface area contributed by atoms with Crippen molar-refractivity contribution in [3.05, 3.63) is 30.7 Å². The Hall–Kier alpha value is -1.84. The average molecular weight is 215 g/mol. The number of hydrogen-bond donors (Lipinski definition) is 1. The van der Waals surface area contributed by atoms with Crippen molar-refractivity contribution in [3.8, 4) is 0 Å². The lowest BCUT2D eigenvalue weighted by Crippen LogP contribution is -2.28. The number of aromatic nitrogens is 2. The molecule has 0 aromatic carbocycles. The van der Waals surface area contributed by atoms with Crippen molar-refractivity contribution in [2.24, 2.45) is 5.92 Å². The number of pyridine rings is 1. The van der Waals surface area contributed by atoms with Crippen molar-refractivity contribution in [2.45, 2.75) is 19.3 Å². The summed E-state index contributed by atoms with van der Waals surface area (Å²) in [6.45, 7) is 0. The van der Waals surface area contributed by atoms with Crippen LogP contribution in [-0.4, -0.2) is 15.3 Å². The molecule has 4 heteroatoms. The van der Waals surface area contributed by atoms with E-state index in [1.165, 1.54) is 6.42 Å². The van der Waals surface area contributed by atoms with Gasteiger partial charge in [-0.25, -0.2) is 4.98 Å². The lowest BCUT2D eigenvalue weighted by Gasteiger charge is -2.23. The van der Waals surface area contributed by atoms with Crippen molar-refractivity contribution in [3.63, 3.8) is 0 Å². The molecule has 1 N–H and O–H groups in total. The van der Waals surface area contributed by atoms with Crippen LogP contribution in [0.3, 0.4) is 0 Å². The fourth-order valence-electron chi connectivity index (χ4n) is 1.91. The summed E-state index contributed by atoms with van der Waals surface area (Å²) in [6, 6.07) is 3.79. The van der Waals surface area contributed by atoms with Crippen molar-refractivity contribution < 1.29 is 4.79 Å². The second kappa shape index (κ2) is 3.63. The Bertz CT molecular complexity index is 528. The molecule has 1 amide bonds. The number of hydrogen-bond acceptors (Lipinski definition) is 2. The van der Waals surface area contributed by atoms with Crippen molar-refractivity contribution in [1.29, 1.82) is 0 Å². The third-order valence-electron chi connectivity index (χ3n) is 3.13. The van der Waals surface area contributed by atoms with E-state index in [0.29, 0.717) is 0 Å². The third kappa shape index (κ3) is 1.56. The smallest absolute Gasteiger partial charge is 0.227 e. The number of carbonyl (C=O) groups excluding carboxylic acids is 1. The topological polar surface area (TPSA) is 46.4 Å². The van der Waals surface area contributed by atoms with Crippen LogP contribution in [-0.2, 0) is 4.79 Å². The summed E-state index contributed by atoms with van der Waals surface area (Å²) in [5, 5.41) is 2.94. The van der Waals surface area contributed by atoms with E-state index in [4.69, 9.17) is 0 Å². The highest BCUT2D eigenvalue weighted by atomic mass is 16.1. The van der Waals surface area contributed by atoms with Gasteiger partial charge in [-0.15, -0.1) is 0 Å². The lowest BCUT2D eigenvalue weighted by atomic mass is 9.85. The highest BCUT2D eigenvalue weighted by Gasteiger charge is 2.25. The second-order valence-corrected chi connectivity index (χ2v) is 4.23. The second-order valence-electron chi connectivity index (χ2n) is 4.23. The quantitative estimate of drug-likeness (QED) is 0.833. The molecule has 2 heterocycles. The van der Waals surface area contributed by atoms with Gasteiger partial charge >= 0.3 is 0 Å². The van der Waals surface area contributed by atoms with Gasteiger partial charge in [-0.2, -0.15) is 0 Å². The Labute approximate surface area is 93.3 Å². The summed E-state index contributed by atoms with van der Waals surface area (Å²) in [5.41, 5.74) is 1.73. The third-order valence-corrected chi connectivity index (χ3v) is 3.13. The first-order valence-electron chi connectivity index (χ1n) is 5.56. The number of nitrogens with zero attached hydrogens (tertiary/aromatic N) is 2. The van der Waals surface area contributed by atoms with Crippen LogP contribution in [0.25, 0.3) is 5.65 Å². The van der Waals surface area contributed by atoms with Gasteiger partial charge < -0.3 is 9.72 Å². The van der Waals surface area contributed by atoms with Crippen LogP contribution >= 0.6 is 0 Å². The number of anilines is 1. The molecule has 1 saturated carbocycles. The molecule has 1 fully saturated rings. The van der Waals surface area contributed by atoms with Gasteiger partial charge in [0, 0.05) is 24.5 Å². The number of carbonyl (C=O) groups is 1. The minimum atomic E-state index is 0.144. The molecule has 2 aromatic rings. The standard InChI is InChI=1S/C12H13N3O/c16-12(9-2-1-3-9)14-10-4-5-11-13-6-7-15(11)8-10/h4-9H,1-3H2,(H,14,16). The maximum Gasteiger partial charge on any atom is 0.227 e. The van der Waals surface area contributed by atoms with Gasteiger partial charge in [0.2, 0.25) is 5.91 Å². The number of rotatable bonds is 2. The Morgan fingerprint density at radius 1 is 1.44 bits per heavy atom. The van der Waals surface area contributed by atoms with E-state index in [0.717, 1.165) is 24.2 Å². The fourth-order valence-corrected chi connectivity index (χ4v) is 1.91. The minimum Gasteiger partial charge on any atom is -0.325 e. The number of amides is 1. The Balaban J connectivity index is 1.80. The van der Waals surface area contributed by atoms with E-state index in [9.17, 15) is 4.79 Å². The highest BCUT2D eigenvalue weighted by Crippen LogP contribution is 2.27. The molecule has 1 aliphatic carbocycles. The molecule has 0 saturated heterocycles. The van der Waals surface area contributed by atoms with E-state index in [1.807, 2.05) is 28.9 Å². The van der Waals surface area contributed by atoms with E-state index < -0.39 is 0 Å². The largest absolute Gasteiger partial charge is 0.325 e. The molecule has 0 bridgehead atoms. The molecule has 4 nitrogen and oxygen atoms in total. The summed E-state index contributed by atoms with van der Waals surface area (Å²) in [4.78, 5) is 15.9. The van der Waals surface area contributed by atoms with Crippen molar-refractivity contribution >= 4 is 17.2 Å². The number of imidazole rings is 1. The van der Waals surface area contributed by atoms with Crippen molar-refractivity contribution in [1.82, 2.24) is 9.38 Å². The monoisotopic (exact) mass is 215 g/mol. The molecule has 0 unspecified atom stereocenters. The Morgan fingerprint density at radius 2 is 2.31 bits per heavy atom. The molecular weight excluding hydrogens is 202 g/mol. The van der Waals surface area contributed by atoms with Gasteiger partial charge in [-0.3, -0.25) is 4.79 Å². The van der Waals surface area contributed by atoms with Crippen LogP contribution in [0.1, 0.15) is 19.3 Å². The molecule has 1 aliphatic rings. The lowest BCUT2D eigenvalue weighted by molar-refractivity contribution is -0.122. The molecule has 2 aromatic heterocycles. The molecule has 0 atom stereocenters. The van der Waals surface area contributed by atoms with Crippen LogP contribution in [0, 0.1) is 5.92 Å². The summed E-state index contributed by atoms with van der Waals surface area (Å²) < 4.78 is 1.90. The van der Waals surface area contributed by atoms with E-state index in [-0.39, 0.29) is 11.8 Å². The molecule has 82 valence electrons. The molecule has 0 spiro atoms. The Kier molecular flexibility index (Phi) is 2.13. The van der Waals surface area contributed by atoms with Crippen LogP contribution < -0.4 is 5.32 Å². The zero-order valence-corrected chi connectivity index (χ0v) is 8.89. The van der Waals surface area contributed by atoms with Gasteiger partial charge in [0.1, 0.15) is 5.65 Å². The number of nitrogens with one attached hydrogen (secondary N) is 1. The van der Waals surface area contributed by atoms with Crippen LogP contribution in [0.2, 0.25) is 0 Å². The van der Waals surface area contributed by atoms with Crippen LogP contribution in [0.5, 0.6) is 0 Å². The SMILES string of the molecule is O=C(Nc1ccc2nccn2c1)C1CCC1. The van der Waals surface area contributed by atoms with Gasteiger partial charge in [0.15, 0.2) is 0 Å². The van der Waals surface area contributed by atoms with Gasteiger partial charge in [0.25, 0.3) is 0 Å². The summed E-state index contributed by atoms with van der Waals surface area (Å²) >= 11 is 0. The van der Waals surface area contributed by atoms with E-state index >= 15 is 0 Å². The maximum atomic E-state index is 11.7. The van der Waals surface area contributed by atoms with Crippen LogP contribution in [0.15, 0.2) is 30.7 Å². The molecule has 0 aliphatic heterocycles. The van der Waals surface area contributed by atoms with E-state index in [2.05, 4.69) is 10.3 Å². The van der Waals surface area contributed by atoms with E-state index in [1.54, 1.807) is 6.20 Å². The molecule has 16 heavy (non-hydrogen) atoms. The van der Waals surface area contributed by atoms with Crippen molar-refractivity contribution in [2.75, 3.05) is 5.32 Å². The average Bonchev–Trinajstić information content (AvgIpc) is 2.61. The molecule has 0 radical (unpaired) electrons. The molecular formula is C12H13N3O. The maximum absolute atomic E-state index is 11.7. The first-order chi connectivity index (χ1) is 7.83. The summed E-state index contributed by atoms with van der Waals surface area (Å²) in [6.07, 6.45) is 8.73. The first kappa shape index (κ1) is 9.39. The summed E-state index contributed by atoms with van der Waals surface area (Å²) in [5.74, 6) is 0.365. The first-order valence-corrected chi connectivity index (χ1v) is 5.56. The summed E-state index contributed by atoms with van der Waals surface area (Å²) in [7, 11) is 0. The normalized spacial score (nSPS) is 16.0.